The van der Waals surface area contributed by atoms with Gasteiger partial charge < -0.3 is 19.3 Å². The van der Waals surface area contributed by atoms with Crippen molar-refractivity contribution in [3.05, 3.63) is 0 Å². The van der Waals surface area contributed by atoms with E-state index in [9.17, 15) is 9.59 Å². The van der Waals surface area contributed by atoms with Crippen LogP contribution in [0, 0.1) is 0 Å². The molecule has 2 saturated heterocycles. The molecule has 0 aliphatic carbocycles. The Morgan fingerprint density at radius 2 is 2.25 bits per heavy atom. The van der Waals surface area contributed by atoms with E-state index >= 15 is 0 Å². The quantitative estimate of drug-likeness (QED) is 0.720. The van der Waals surface area contributed by atoms with E-state index in [2.05, 4.69) is 0 Å². The maximum atomic E-state index is 11.6. The van der Waals surface area contributed by atoms with Crippen LogP contribution in [0.25, 0.3) is 0 Å². The predicted octanol–water partition coefficient (Wildman–Crippen LogP) is 0.000800. The van der Waals surface area contributed by atoms with Crippen molar-refractivity contribution in [2.75, 3.05) is 13.7 Å². The van der Waals surface area contributed by atoms with Crippen LogP contribution in [0.15, 0.2) is 0 Å². The Bertz CT molecular complexity index is 358. The predicted molar refractivity (Wildman–Crippen MR) is 49.5 cm³/mol. The molecule has 2 aliphatic heterocycles. The van der Waals surface area contributed by atoms with Crippen molar-refractivity contribution in [3.8, 4) is 0 Å². The fourth-order valence-corrected chi connectivity index (χ4v) is 2.06. The van der Waals surface area contributed by atoms with E-state index in [-0.39, 0.29) is 6.61 Å². The van der Waals surface area contributed by atoms with Crippen LogP contribution in [0.3, 0.4) is 0 Å². The molecule has 1 amide bonds. The van der Waals surface area contributed by atoms with Crippen LogP contribution in [0.2, 0.25) is 0 Å². The lowest BCUT2D eigenvalue weighted by atomic mass is 10.1. The molecule has 3 atom stereocenters. The summed E-state index contributed by atoms with van der Waals surface area (Å²) in [6.07, 6.45) is -0.739. The number of carboxylic acids is 1. The van der Waals surface area contributed by atoms with E-state index in [1.807, 2.05) is 0 Å². The van der Waals surface area contributed by atoms with Crippen molar-refractivity contribution in [1.82, 2.24) is 4.90 Å². The maximum absolute atomic E-state index is 11.6. The van der Waals surface area contributed by atoms with Gasteiger partial charge in [0.25, 0.3) is 5.79 Å². The molecule has 2 heterocycles. The molecule has 0 aromatic heterocycles. The third kappa shape index (κ3) is 1.09. The SMILES string of the molecule is CO[C@]1(C)OC(=O)N2[C@H](C(=O)O)CO[C@]21C. The summed E-state index contributed by atoms with van der Waals surface area (Å²) in [4.78, 5) is 23.7. The lowest BCUT2D eigenvalue weighted by Gasteiger charge is -2.35. The number of carbonyl (C=O) groups excluding carboxylic acids is 1. The molecular formula is C9H13NO6. The summed E-state index contributed by atoms with van der Waals surface area (Å²) >= 11 is 0. The molecule has 2 aliphatic rings. The Labute approximate surface area is 91.9 Å². The normalized spacial score (nSPS) is 42.1. The number of amides is 1. The highest BCUT2D eigenvalue weighted by molar-refractivity contribution is 5.83. The highest BCUT2D eigenvalue weighted by atomic mass is 16.8. The topological polar surface area (TPSA) is 85.3 Å². The molecule has 0 radical (unpaired) electrons. The van der Waals surface area contributed by atoms with Gasteiger partial charge in [-0.3, -0.25) is 4.90 Å². The van der Waals surface area contributed by atoms with Crippen LogP contribution in [-0.2, 0) is 19.0 Å². The van der Waals surface area contributed by atoms with E-state index in [0.717, 1.165) is 4.90 Å². The van der Waals surface area contributed by atoms with Crippen molar-refractivity contribution < 1.29 is 28.9 Å². The molecular weight excluding hydrogens is 218 g/mol. The van der Waals surface area contributed by atoms with E-state index in [0.29, 0.717) is 0 Å². The molecule has 7 nitrogen and oxygen atoms in total. The molecule has 90 valence electrons. The zero-order chi connectivity index (χ0) is 12.1. The van der Waals surface area contributed by atoms with Gasteiger partial charge in [0.2, 0.25) is 5.72 Å². The average molecular weight is 231 g/mol. The zero-order valence-electron chi connectivity index (χ0n) is 9.22. The number of ether oxygens (including phenoxy) is 3. The van der Waals surface area contributed by atoms with Gasteiger partial charge in [-0.2, -0.15) is 0 Å². The second kappa shape index (κ2) is 3.08. The molecule has 0 spiro atoms. The van der Waals surface area contributed by atoms with Crippen LogP contribution in [0.4, 0.5) is 4.79 Å². The Kier molecular flexibility index (Phi) is 2.15. The fraction of sp³-hybridized carbons (Fsp3) is 0.778. The highest BCUT2D eigenvalue weighted by Gasteiger charge is 2.68. The number of methoxy groups -OCH3 is 1. The number of carboxylic acid groups (broad SMARTS) is 1. The molecule has 2 fully saturated rings. The first kappa shape index (κ1) is 11.2. The summed E-state index contributed by atoms with van der Waals surface area (Å²) in [5.41, 5.74) is -1.21. The van der Waals surface area contributed by atoms with Gasteiger partial charge in [0, 0.05) is 14.0 Å². The van der Waals surface area contributed by atoms with Crippen LogP contribution < -0.4 is 0 Å². The molecule has 16 heavy (non-hydrogen) atoms. The second-order valence-corrected chi connectivity index (χ2v) is 4.04. The second-order valence-electron chi connectivity index (χ2n) is 4.04. The first-order valence-electron chi connectivity index (χ1n) is 4.80. The standard InChI is InChI=1S/C9H13NO6/c1-8-9(2,14-3)16-7(13)10(8)5(4-15-8)6(11)12/h5H,4H2,1-3H3,(H,11,12)/t5-,8-,9+/m0/s1. The number of rotatable bonds is 2. The largest absolute Gasteiger partial charge is 0.480 e. The van der Waals surface area contributed by atoms with Gasteiger partial charge in [-0.1, -0.05) is 0 Å². The number of carbonyl (C=O) groups is 2. The molecule has 0 aromatic rings. The van der Waals surface area contributed by atoms with Gasteiger partial charge in [0.05, 0.1) is 6.61 Å². The molecule has 0 saturated carbocycles. The van der Waals surface area contributed by atoms with E-state index < -0.39 is 29.6 Å². The summed E-state index contributed by atoms with van der Waals surface area (Å²) in [6.45, 7) is 3.04. The minimum Gasteiger partial charge on any atom is -0.480 e. The number of aliphatic carboxylic acids is 1. The zero-order valence-corrected chi connectivity index (χ0v) is 9.22. The van der Waals surface area contributed by atoms with Gasteiger partial charge in [-0.25, -0.2) is 9.59 Å². The molecule has 1 N–H and O–H groups in total. The van der Waals surface area contributed by atoms with Crippen molar-refractivity contribution >= 4 is 12.1 Å². The first-order chi connectivity index (χ1) is 7.35. The third-order valence-electron chi connectivity index (χ3n) is 3.29. The van der Waals surface area contributed by atoms with Crippen LogP contribution in [0.5, 0.6) is 0 Å². The lowest BCUT2D eigenvalue weighted by Crippen LogP contribution is -2.55. The third-order valence-corrected chi connectivity index (χ3v) is 3.29. The number of nitrogens with zero attached hydrogens (tertiary/aromatic N) is 1. The van der Waals surface area contributed by atoms with Gasteiger partial charge >= 0.3 is 12.1 Å². The average Bonchev–Trinajstić information content (AvgIpc) is 2.64. The van der Waals surface area contributed by atoms with Crippen molar-refractivity contribution in [2.45, 2.75) is 31.4 Å². The highest BCUT2D eigenvalue weighted by Crippen LogP contribution is 2.45. The minimum atomic E-state index is -1.30. The smallest absolute Gasteiger partial charge is 0.415 e. The monoisotopic (exact) mass is 231 g/mol. The number of cyclic esters (lactones) is 1. The van der Waals surface area contributed by atoms with Crippen molar-refractivity contribution in [3.63, 3.8) is 0 Å². The number of hydrogen-bond donors (Lipinski definition) is 1. The summed E-state index contributed by atoms with van der Waals surface area (Å²) in [5.74, 6) is -2.42. The van der Waals surface area contributed by atoms with E-state index in [4.69, 9.17) is 19.3 Å². The van der Waals surface area contributed by atoms with Crippen molar-refractivity contribution in [1.29, 1.82) is 0 Å². The maximum Gasteiger partial charge on any atom is 0.415 e. The van der Waals surface area contributed by atoms with Crippen molar-refractivity contribution in [2.24, 2.45) is 0 Å². The molecule has 0 bridgehead atoms. The van der Waals surface area contributed by atoms with Crippen LogP contribution >= 0.6 is 0 Å². The first-order valence-corrected chi connectivity index (χ1v) is 4.80. The Morgan fingerprint density at radius 1 is 1.62 bits per heavy atom. The van der Waals surface area contributed by atoms with Gasteiger partial charge in [0.1, 0.15) is 0 Å². The summed E-state index contributed by atoms with van der Waals surface area (Å²) < 4.78 is 15.5. The number of fused-ring (bicyclic) bond motifs is 1. The van der Waals surface area contributed by atoms with Gasteiger partial charge in [-0.05, 0) is 6.92 Å². The Morgan fingerprint density at radius 3 is 2.75 bits per heavy atom. The number of hydrogen-bond acceptors (Lipinski definition) is 5. The lowest BCUT2D eigenvalue weighted by molar-refractivity contribution is -0.259. The molecule has 7 heteroatoms. The minimum absolute atomic E-state index is 0.0696. The Balaban J connectivity index is 2.41. The van der Waals surface area contributed by atoms with Crippen LogP contribution in [0.1, 0.15) is 13.8 Å². The summed E-state index contributed by atoms with van der Waals surface area (Å²) in [5, 5.41) is 8.97. The molecule has 0 aromatic carbocycles. The van der Waals surface area contributed by atoms with E-state index in [1.54, 1.807) is 6.92 Å². The van der Waals surface area contributed by atoms with Gasteiger partial charge in [-0.15, -0.1) is 0 Å². The fourth-order valence-electron chi connectivity index (χ4n) is 2.06. The molecule has 0 unspecified atom stereocenters. The summed E-state index contributed by atoms with van der Waals surface area (Å²) in [6, 6.07) is -1.03. The van der Waals surface area contributed by atoms with E-state index in [1.165, 1.54) is 14.0 Å². The molecule has 2 rings (SSSR count). The summed E-state index contributed by atoms with van der Waals surface area (Å²) in [7, 11) is 1.37. The van der Waals surface area contributed by atoms with Crippen LogP contribution in [-0.4, -0.2) is 53.3 Å². The van der Waals surface area contributed by atoms with Gasteiger partial charge in [0.15, 0.2) is 6.04 Å². The Hall–Kier alpha value is -1.34.